The topological polar surface area (TPSA) is 42.5 Å². The molecule has 0 aromatic heterocycles. The molecular formula is C28H46N2O2. The maximum atomic E-state index is 7.08. The van der Waals surface area contributed by atoms with Crippen LogP contribution in [0.1, 0.15) is 85.5 Å². The van der Waals surface area contributed by atoms with Crippen molar-refractivity contribution in [3.8, 4) is 0 Å². The second kappa shape index (κ2) is 7.80. The first-order chi connectivity index (χ1) is 15.4. The molecule has 2 aliphatic heterocycles. The van der Waals surface area contributed by atoms with Crippen LogP contribution in [0.25, 0.3) is 0 Å². The van der Waals surface area contributed by atoms with Crippen molar-refractivity contribution < 1.29 is 9.57 Å². The molecule has 1 spiro atoms. The SMILES string of the molecule is CON[C@H]1CC[C@@]2(C)[C@H](CC[C@H]3[C@@H]4CC[C@]5(O[C@@H]6C[C@H](C)CN[C@H]6[C@H]5C)C(C)=C4C[C@@H]32)C1. The summed E-state index contributed by atoms with van der Waals surface area (Å²) in [5.41, 5.74) is 7.30. The second-order valence-electron chi connectivity index (χ2n) is 13.0. The molecule has 6 rings (SSSR count). The second-order valence-corrected chi connectivity index (χ2v) is 13.0. The summed E-state index contributed by atoms with van der Waals surface area (Å²) >= 11 is 0. The van der Waals surface area contributed by atoms with Crippen molar-refractivity contribution in [2.24, 2.45) is 40.9 Å². The number of hydrogen-bond donors (Lipinski definition) is 2. The van der Waals surface area contributed by atoms with Crippen LogP contribution < -0.4 is 10.8 Å². The van der Waals surface area contributed by atoms with E-state index in [-0.39, 0.29) is 5.60 Å². The normalized spacial score (nSPS) is 54.8. The minimum Gasteiger partial charge on any atom is -0.365 e. The molecule has 32 heavy (non-hydrogen) atoms. The number of allylic oxidation sites excluding steroid dienone is 1. The average molecular weight is 443 g/mol. The summed E-state index contributed by atoms with van der Waals surface area (Å²) in [6.07, 6.45) is 12.4. The van der Waals surface area contributed by atoms with Gasteiger partial charge in [-0.3, -0.25) is 0 Å². The average Bonchev–Trinajstić information content (AvgIpc) is 3.29. The summed E-state index contributed by atoms with van der Waals surface area (Å²) in [5, 5.41) is 3.88. The standard InChI is InChI=1S/C28H46N2O2/c1-16-12-25-26(29-15-16)18(3)28(32-25)11-9-21-22-7-6-19-13-20(30-31-5)8-10-27(19,4)24(22)14-23(21)17(28)2/h16,18-22,24-26,29-30H,6-15H2,1-5H3/t16-,18+,19+,20-,21-,22-,24-,25+,26-,27-,28-/m0/s1. The number of nitrogens with one attached hydrogen (secondary N) is 2. The molecule has 0 radical (unpaired) electrons. The lowest BCUT2D eigenvalue weighted by molar-refractivity contribution is -0.0673. The van der Waals surface area contributed by atoms with Crippen LogP contribution >= 0.6 is 0 Å². The van der Waals surface area contributed by atoms with Crippen LogP contribution in [0.4, 0.5) is 0 Å². The molecule has 2 heterocycles. The molecule has 3 saturated carbocycles. The summed E-state index contributed by atoms with van der Waals surface area (Å²) in [6.45, 7) is 11.2. The number of ether oxygens (including phenoxy) is 1. The summed E-state index contributed by atoms with van der Waals surface area (Å²) in [4.78, 5) is 5.31. The van der Waals surface area contributed by atoms with Crippen LogP contribution in [-0.2, 0) is 9.57 Å². The fourth-order valence-corrected chi connectivity index (χ4v) is 9.97. The van der Waals surface area contributed by atoms with E-state index in [1.807, 2.05) is 5.57 Å². The molecule has 5 fully saturated rings. The van der Waals surface area contributed by atoms with E-state index in [1.165, 1.54) is 57.8 Å². The number of hydroxylamine groups is 1. The fraction of sp³-hybridized carbons (Fsp3) is 0.929. The van der Waals surface area contributed by atoms with Gasteiger partial charge in [0.25, 0.3) is 0 Å². The Hall–Kier alpha value is -0.420. The highest BCUT2D eigenvalue weighted by molar-refractivity contribution is 5.36. The Labute approximate surface area is 195 Å². The molecule has 0 bridgehead atoms. The zero-order chi connectivity index (χ0) is 22.3. The lowest BCUT2D eigenvalue weighted by Gasteiger charge is -2.54. The Morgan fingerprint density at radius 3 is 2.75 bits per heavy atom. The van der Waals surface area contributed by atoms with Crippen LogP contribution in [0.2, 0.25) is 0 Å². The summed E-state index contributed by atoms with van der Waals surface area (Å²) < 4.78 is 7.08. The summed E-state index contributed by atoms with van der Waals surface area (Å²) in [6, 6.07) is 1.10. The molecule has 11 atom stereocenters. The molecular weight excluding hydrogens is 396 g/mol. The van der Waals surface area contributed by atoms with E-state index >= 15 is 0 Å². The first-order valence-electron chi connectivity index (χ1n) is 13.8. The number of rotatable bonds is 2. The molecule has 0 aromatic rings. The lowest BCUT2D eigenvalue weighted by atomic mass is 9.52. The maximum Gasteiger partial charge on any atom is 0.0937 e. The van der Waals surface area contributed by atoms with Crippen LogP contribution in [-0.4, -0.2) is 37.4 Å². The molecule has 0 aromatic carbocycles. The zero-order valence-corrected chi connectivity index (χ0v) is 21.1. The molecule has 0 amide bonds. The van der Waals surface area contributed by atoms with Crippen molar-refractivity contribution >= 4 is 0 Å². The van der Waals surface area contributed by atoms with E-state index in [4.69, 9.17) is 9.57 Å². The highest BCUT2D eigenvalue weighted by Crippen LogP contribution is 2.66. The van der Waals surface area contributed by atoms with Gasteiger partial charge in [-0.05, 0) is 112 Å². The summed E-state index contributed by atoms with van der Waals surface area (Å²) in [5.74, 6) is 4.82. The minimum absolute atomic E-state index is 0.00602. The highest BCUT2D eigenvalue weighted by atomic mass is 16.6. The summed E-state index contributed by atoms with van der Waals surface area (Å²) in [7, 11) is 1.77. The van der Waals surface area contributed by atoms with Gasteiger partial charge in [0.05, 0.1) is 18.8 Å². The van der Waals surface area contributed by atoms with Crippen LogP contribution in [0.3, 0.4) is 0 Å². The Morgan fingerprint density at radius 1 is 1.09 bits per heavy atom. The van der Waals surface area contributed by atoms with Crippen molar-refractivity contribution in [1.29, 1.82) is 0 Å². The van der Waals surface area contributed by atoms with Crippen molar-refractivity contribution in [3.05, 3.63) is 11.1 Å². The molecule has 0 unspecified atom stereocenters. The van der Waals surface area contributed by atoms with Gasteiger partial charge in [0.1, 0.15) is 0 Å². The molecule has 2 saturated heterocycles. The lowest BCUT2D eigenvalue weighted by Crippen LogP contribution is -2.50. The molecule has 4 heteroatoms. The van der Waals surface area contributed by atoms with Gasteiger partial charge in [0.15, 0.2) is 0 Å². The van der Waals surface area contributed by atoms with Gasteiger partial charge in [0, 0.05) is 18.0 Å². The van der Waals surface area contributed by atoms with Gasteiger partial charge in [-0.2, -0.15) is 5.48 Å². The van der Waals surface area contributed by atoms with Crippen molar-refractivity contribution in [2.75, 3.05) is 13.7 Å². The van der Waals surface area contributed by atoms with E-state index < -0.39 is 0 Å². The molecule has 6 aliphatic rings. The van der Waals surface area contributed by atoms with Gasteiger partial charge in [-0.15, -0.1) is 0 Å². The first kappa shape index (κ1) is 22.1. The molecule has 4 nitrogen and oxygen atoms in total. The van der Waals surface area contributed by atoms with Gasteiger partial charge in [0.2, 0.25) is 0 Å². The minimum atomic E-state index is 0.00602. The Balaban J connectivity index is 1.28. The zero-order valence-electron chi connectivity index (χ0n) is 21.1. The third-order valence-corrected chi connectivity index (χ3v) is 11.8. The monoisotopic (exact) mass is 442 g/mol. The predicted octanol–water partition coefficient (Wildman–Crippen LogP) is 5.24. The van der Waals surface area contributed by atoms with Crippen LogP contribution in [0, 0.1) is 40.9 Å². The molecule has 180 valence electrons. The van der Waals surface area contributed by atoms with E-state index in [9.17, 15) is 0 Å². The highest BCUT2D eigenvalue weighted by Gasteiger charge is 2.61. The third-order valence-electron chi connectivity index (χ3n) is 11.8. The maximum absolute atomic E-state index is 7.08. The quantitative estimate of drug-likeness (QED) is 0.453. The van der Waals surface area contributed by atoms with Gasteiger partial charge in [-0.1, -0.05) is 26.3 Å². The fourth-order valence-electron chi connectivity index (χ4n) is 9.97. The predicted molar refractivity (Wildman–Crippen MR) is 128 cm³/mol. The van der Waals surface area contributed by atoms with E-state index in [0.717, 1.165) is 36.1 Å². The van der Waals surface area contributed by atoms with Gasteiger partial charge < -0.3 is 14.9 Å². The third kappa shape index (κ3) is 3.01. The molecule has 4 aliphatic carbocycles. The Kier molecular flexibility index (Phi) is 5.38. The van der Waals surface area contributed by atoms with E-state index in [1.54, 1.807) is 12.7 Å². The van der Waals surface area contributed by atoms with Crippen LogP contribution in [0.15, 0.2) is 11.1 Å². The van der Waals surface area contributed by atoms with Crippen molar-refractivity contribution in [1.82, 2.24) is 10.8 Å². The largest absolute Gasteiger partial charge is 0.365 e. The number of hydrogen-bond acceptors (Lipinski definition) is 4. The Bertz CT molecular complexity index is 781. The van der Waals surface area contributed by atoms with Crippen molar-refractivity contribution in [3.63, 3.8) is 0 Å². The van der Waals surface area contributed by atoms with E-state index in [2.05, 4.69) is 38.5 Å². The smallest absolute Gasteiger partial charge is 0.0937 e. The van der Waals surface area contributed by atoms with Gasteiger partial charge >= 0.3 is 0 Å². The molecule has 2 N–H and O–H groups in total. The first-order valence-corrected chi connectivity index (χ1v) is 13.8. The van der Waals surface area contributed by atoms with Gasteiger partial charge in [-0.25, -0.2) is 0 Å². The number of piperidine rings is 1. The van der Waals surface area contributed by atoms with Crippen LogP contribution in [0.5, 0.6) is 0 Å². The van der Waals surface area contributed by atoms with Crippen molar-refractivity contribution in [2.45, 2.75) is 109 Å². The number of fused-ring (bicyclic) bond motifs is 6. The Morgan fingerprint density at radius 2 is 1.94 bits per heavy atom. The van der Waals surface area contributed by atoms with E-state index in [0.29, 0.717) is 29.5 Å².